The Kier molecular flexibility index (Phi) is 3.23. The van der Waals surface area contributed by atoms with E-state index in [0.29, 0.717) is 10.8 Å². The van der Waals surface area contributed by atoms with Crippen molar-refractivity contribution in [2.24, 2.45) is 28.1 Å². The van der Waals surface area contributed by atoms with E-state index in [4.69, 9.17) is 0 Å². The molecule has 0 aromatic carbocycles. The first-order valence-electron chi connectivity index (χ1n) is 8.66. The molecule has 0 bridgehead atoms. The standard InChI is InChI=1S/C20H32/c1-6-19(4)13-10-16-15(14-19)8-9-17-18(2,3)11-7-12-20(16,17)5/h6,14,16-17H,1,7-13H2,2-5H3. The summed E-state index contributed by atoms with van der Waals surface area (Å²) in [7, 11) is 0. The van der Waals surface area contributed by atoms with Gasteiger partial charge < -0.3 is 0 Å². The first-order chi connectivity index (χ1) is 9.31. The van der Waals surface area contributed by atoms with E-state index in [1.54, 1.807) is 5.57 Å². The smallest absolute Gasteiger partial charge is 0.00330 e. The van der Waals surface area contributed by atoms with Gasteiger partial charge in [-0.15, -0.1) is 6.58 Å². The van der Waals surface area contributed by atoms with Gasteiger partial charge in [0.25, 0.3) is 0 Å². The third-order valence-corrected chi connectivity index (χ3v) is 7.19. The number of hydrogen-bond acceptors (Lipinski definition) is 0. The summed E-state index contributed by atoms with van der Waals surface area (Å²) in [5.41, 5.74) is 3.15. The van der Waals surface area contributed by atoms with E-state index in [-0.39, 0.29) is 5.41 Å². The Morgan fingerprint density at radius 3 is 2.55 bits per heavy atom. The van der Waals surface area contributed by atoms with Crippen molar-refractivity contribution in [3.63, 3.8) is 0 Å². The lowest BCUT2D eigenvalue weighted by atomic mass is 9.45. The maximum absolute atomic E-state index is 4.07. The second-order valence-corrected chi connectivity index (χ2v) is 8.96. The van der Waals surface area contributed by atoms with Crippen molar-refractivity contribution >= 4 is 0 Å². The Balaban J connectivity index is 1.97. The fraction of sp³-hybridized carbons (Fsp3) is 0.800. The maximum atomic E-state index is 4.07. The van der Waals surface area contributed by atoms with Gasteiger partial charge in [-0.25, -0.2) is 0 Å². The van der Waals surface area contributed by atoms with Gasteiger partial charge in [-0.2, -0.15) is 0 Å². The van der Waals surface area contributed by atoms with Crippen LogP contribution in [0.5, 0.6) is 0 Å². The van der Waals surface area contributed by atoms with Gasteiger partial charge in [0.2, 0.25) is 0 Å². The second-order valence-electron chi connectivity index (χ2n) is 8.96. The summed E-state index contributed by atoms with van der Waals surface area (Å²) < 4.78 is 0. The molecule has 3 aliphatic rings. The summed E-state index contributed by atoms with van der Waals surface area (Å²) >= 11 is 0. The van der Waals surface area contributed by atoms with Crippen molar-refractivity contribution in [1.82, 2.24) is 0 Å². The predicted molar refractivity (Wildman–Crippen MR) is 87.6 cm³/mol. The summed E-state index contributed by atoms with van der Waals surface area (Å²) in [4.78, 5) is 0. The molecule has 0 amide bonds. The van der Waals surface area contributed by atoms with Crippen LogP contribution in [0.4, 0.5) is 0 Å². The molecule has 4 unspecified atom stereocenters. The highest BCUT2D eigenvalue weighted by Crippen LogP contribution is 2.63. The first kappa shape index (κ1) is 14.4. The van der Waals surface area contributed by atoms with Crippen LogP contribution in [-0.2, 0) is 0 Å². The van der Waals surface area contributed by atoms with Crippen molar-refractivity contribution in [3.05, 3.63) is 24.3 Å². The van der Waals surface area contributed by atoms with Gasteiger partial charge in [0.05, 0.1) is 0 Å². The molecule has 0 aromatic rings. The minimum atomic E-state index is 0.263. The van der Waals surface area contributed by atoms with Crippen molar-refractivity contribution in [1.29, 1.82) is 0 Å². The largest absolute Gasteiger partial charge is 0.102 e. The summed E-state index contributed by atoms with van der Waals surface area (Å²) in [6, 6.07) is 0. The lowest BCUT2D eigenvalue weighted by Crippen LogP contribution is -2.50. The van der Waals surface area contributed by atoms with Gasteiger partial charge >= 0.3 is 0 Å². The molecule has 2 fully saturated rings. The lowest BCUT2D eigenvalue weighted by Gasteiger charge is -2.59. The van der Waals surface area contributed by atoms with Gasteiger partial charge in [-0.1, -0.05) is 51.8 Å². The Bertz CT molecular complexity index is 441. The third kappa shape index (κ3) is 2.02. The van der Waals surface area contributed by atoms with Crippen molar-refractivity contribution in [2.45, 2.75) is 72.6 Å². The highest BCUT2D eigenvalue weighted by atomic mass is 14.6. The molecule has 20 heavy (non-hydrogen) atoms. The average molecular weight is 272 g/mol. The monoisotopic (exact) mass is 272 g/mol. The Labute approximate surface area is 125 Å². The Morgan fingerprint density at radius 1 is 1.10 bits per heavy atom. The van der Waals surface area contributed by atoms with Crippen LogP contribution in [-0.4, -0.2) is 0 Å². The van der Waals surface area contributed by atoms with E-state index in [1.165, 1.54) is 44.9 Å². The van der Waals surface area contributed by atoms with Gasteiger partial charge in [-0.05, 0) is 61.2 Å². The molecule has 0 saturated heterocycles. The molecule has 4 atom stereocenters. The average Bonchev–Trinajstić information content (AvgIpc) is 2.37. The summed E-state index contributed by atoms with van der Waals surface area (Å²) in [5.74, 6) is 1.79. The maximum Gasteiger partial charge on any atom is 0.00330 e. The van der Waals surface area contributed by atoms with Crippen LogP contribution in [0.25, 0.3) is 0 Å². The van der Waals surface area contributed by atoms with E-state index >= 15 is 0 Å². The predicted octanol–water partition coefficient (Wildman–Crippen LogP) is 6.14. The molecular formula is C20H32. The highest BCUT2D eigenvalue weighted by molar-refractivity contribution is 5.26. The summed E-state index contributed by atoms with van der Waals surface area (Å²) in [6.07, 6.45) is 14.5. The molecule has 0 heteroatoms. The molecule has 0 nitrogen and oxygen atoms in total. The van der Waals surface area contributed by atoms with Gasteiger partial charge in [0.1, 0.15) is 0 Å². The van der Waals surface area contributed by atoms with Gasteiger partial charge in [-0.3, -0.25) is 0 Å². The number of rotatable bonds is 1. The molecular weight excluding hydrogens is 240 g/mol. The van der Waals surface area contributed by atoms with Crippen molar-refractivity contribution < 1.29 is 0 Å². The van der Waals surface area contributed by atoms with E-state index in [2.05, 4.69) is 46.4 Å². The molecule has 3 aliphatic carbocycles. The van der Waals surface area contributed by atoms with E-state index in [1.807, 2.05) is 0 Å². The van der Waals surface area contributed by atoms with Crippen LogP contribution < -0.4 is 0 Å². The molecule has 0 aromatic heterocycles. The zero-order valence-electron chi connectivity index (χ0n) is 14.0. The molecule has 3 rings (SSSR count). The highest BCUT2D eigenvalue weighted by Gasteiger charge is 2.54. The van der Waals surface area contributed by atoms with Crippen molar-refractivity contribution in [2.75, 3.05) is 0 Å². The molecule has 0 heterocycles. The Morgan fingerprint density at radius 2 is 1.85 bits per heavy atom. The molecule has 0 spiro atoms. The zero-order chi connectivity index (χ0) is 14.6. The summed E-state index contributed by atoms with van der Waals surface area (Å²) in [5, 5.41) is 0. The molecule has 2 saturated carbocycles. The fourth-order valence-corrected chi connectivity index (χ4v) is 6.01. The minimum Gasteiger partial charge on any atom is -0.102 e. The van der Waals surface area contributed by atoms with Crippen LogP contribution in [0.15, 0.2) is 24.3 Å². The van der Waals surface area contributed by atoms with E-state index < -0.39 is 0 Å². The zero-order valence-corrected chi connectivity index (χ0v) is 14.0. The number of allylic oxidation sites excluding steroid dienone is 3. The third-order valence-electron chi connectivity index (χ3n) is 7.19. The quantitative estimate of drug-likeness (QED) is 0.503. The Hall–Kier alpha value is -0.520. The van der Waals surface area contributed by atoms with Crippen LogP contribution in [0.2, 0.25) is 0 Å². The molecule has 0 radical (unpaired) electrons. The molecule has 112 valence electrons. The number of fused-ring (bicyclic) bond motifs is 3. The number of hydrogen-bond donors (Lipinski definition) is 0. The SMILES string of the molecule is C=CC1(C)C=C2CCC3C(C)(C)CCCC3(C)C2CC1. The minimum absolute atomic E-state index is 0.263. The fourth-order valence-electron chi connectivity index (χ4n) is 6.01. The van der Waals surface area contributed by atoms with Crippen LogP contribution in [0.3, 0.4) is 0 Å². The van der Waals surface area contributed by atoms with Crippen LogP contribution in [0, 0.1) is 28.1 Å². The first-order valence-corrected chi connectivity index (χ1v) is 8.66. The van der Waals surface area contributed by atoms with Gasteiger partial charge in [0, 0.05) is 5.41 Å². The molecule has 0 aliphatic heterocycles. The van der Waals surface area contributed by atoms with Crippen LogP contribution in [0.1, 0.15) is 72.6 Å². The molecule has 0 N–H and O–H groups in total. The topological polar surface area (TPSA) is 0 Å². The van der Waals surface area contributed by atoms with Crippen molar-refractivity contribution in [3.8, 4) is 0 Å². The lowest BCUT2D eigenvalue weighted by molar-refractivity contribution is -0.0587. The second kappa shape index (κ2) is 4.49. The van der Waals surface area contributed by atoms with E-state index in [9.17, 15) is 0 Å². The normalized spacial score (nSPS) is 46.9. The van der Waals surface area contributed by atoms with Crippen LogP contribution >= 0.6 is 0 Å². The van der Waals surface area contributed by atoms with Gasteiger partial charge in [0.15, 0.2) is 0 Å². The summed E-state index contributed by atoms with van der Waals surface area (Å²) in [6.45, 7) is 14.1. The van der Waals surface area contributed by atoms with E-state index in [0.717, 1.165) is 11.8 Å².